The van der Waals surface area contributed by atoms with Crippen LogP contribution in [0, 0.1) is 6.92 Å². The fraction of sp³-hybridized carbons (Fsp3) is 0.133. The summed E-state index contributed by atoms with van der Waals surface area (Å²) in [5.41, 5.74) is 12.8. The molecule has 4 N–H and O–H groups in total. The van der Waals surface area contributed by atoms with Crippen LogP contribution in [0.3, 0.4) is 0 Å². The van der Waals surface area contributed by atoms with Crippen molar-refractivity contribution in [2.24, 2.45) is 5.73 Å². The van der Waals surface area contributed by atoms with Gasteiger partial charge in [0.2, 0.25) is 0 Å². The number of ether oxygens (including phenoxy) is 1. The van der Waals surface area contributed by atoms with E-state index in [1.165, 1.54) is 18.4 Å². The van der Waals surface area contributed by atoms with Crippen molar-refractivity contribution in [1.82, 2.24) is 4.98 Å². The third-order valence-corrected chi connectivity index (χ3v) is 4.66. The van der Waals surface area contributed by atoms with Gasteiger partial charge < -0.3 is 16.2 Å². The van der Waals surface area contributed by atoms with E-state index in [0.29, 0.717) is 32.7 Å². The Balaban J connectivity index is 2.43. The molecule has 0 saturated carbocycles. The number of methoxy groups -OCH3 is 1. The van der Waals surface area contributed by atoms with E-state index in [9.17, 15) is 9.59 Å². The van der Waals surface area contributed by atoms with Gasteiger partial charge in [0.15, 0.2) is 0 Å². The molecule has 0 aliphatic heterocycles. The predicted octanol–water partition coefficient (Wildman–Crippen LogP) is 2.23. The highest BCUT2D eigenvalue weighted by molar-refractivity contribution is 7.26. The van der Waals surface area contributed by atoms with E-state index >= 15 is 0 Å². The number of aryl methyl sites for hydroxylation is 1. The third-order valence-electron chi connectivity index (χ3n) is 3.49. The Morgan fingerprint density at radius 3 is 2.68 bits per heavy atom. The summed E-state index contributed by atoms with van der Waals surface area (Å²) in [5.74, 6) is -0.624. The second kappa shape index (κ2) is 4.96. The number of hydrogen-bond donors (Lipinski definition) is 2. The van der Waals surface area contributed by atoms with Gasteiger partial charge in [0.1, 0.15) is 5.82 Å². The molecule has 0 fully saturated rings. The van der Waals surface area contributed by atoms with E-state index in [0.717, 1.165) is 10.1 Å². The molecule has 3 aromatic rings. The van der Waals surface area contributed by atoms with E-state index in [2.05, 4.69) is 4.98 Å². The van der Waals surface area contributed by atoms with Crippen LogP contribution in [0.25, 0.3) is 20.2 Å². The van der Waals surface area contributed by atoms with Crippen molar-refractivity contribution in [2.75, 3.05) is 12.8 Å². The van der Waals surface area contributed by atoms with Crippen molar-refractivity contribution in [3.63, 3.8) is 0 Å². The maximum atomic E-state index is 11.7. The van der Waals surface area contributed by atoms with Crippen LogP contribution in [-0.4, -0.2) is 24.0 Å². The van der Waals surface area contributed by atoms with E-state index < -0.39 is 11.9 Å². The normalized spacial score (nSPS) is 11.0. The van der Waals surface area contributed by atoms with Gasteiger partial charge in [-0.25, -0.2) is 9.78 Å². The Bertz CT molecular complexity index is 946. The van der Waals surface area contributed by atoms with Gasteiger partial charge in [-0.1, -0.05) is 6.07 Å². The number of aromatic nitrogens is 1. The summed E-state index contributed by atoms with van der Waals surface area (Å²) < 4.78 is 6.23. The van der Waals surface area contributed by atoms with Gasteiger partial charge in [-0.2, -0.15) is 0 Å². The van der Waals surface area contributed by atoms with Crippen LogP contribution in [0.2, 0.25) is 0 Å². The Labute approximate surface area is 129 Å². The Hall–Kier alpha value is -2.67. The second-order valence-electron chi connectivity index (χ2n) is 4.83. The van der Waals surface area contributed by atoms with Crippen LogP contribution >= 0.6 is 11.3 Å². The van der Waals surface area contributed by atoms with Gasteiger partial charge in [-0.05, 0) is 19.1 Å². The van der Waals surface area contributed by atoms with Crippen LogP contribution in [0.15, 0.2) is 18.2 Å². The first kappa shape index (κ1) is 14.3. The van der Waals surface area contributed by atoms with Gasteiger partial charge in [0.25, 0.3) is 5.91 Å². The van der Waals surface area contributed by atoms with Crippen LogP contribution < -0.4 is 11.5 Å². The number of hydrogen-bond acceptors (Lipinski definition) is 6. The average Bonchev–Trinajstić information content (AvgIpc) is 2.83. The molecule has 1 aromatic carbocycles. The highest BCUT2D eigenvalue weighted by Crippen LogP contribution is 2.39. The van der Waals surface area contributed by atoms with Gasteiger partial charge >= 0.3 is 5.97 Å². The van der Waals surface area contributed by atoms with Crippen LogP contribution in [0.5, 0.6) is 0 Å². The summed E-state index contributed by atoms with van der Waals surface area (Å²) in [6, 6.07) is 5.15. The number of carbonyl (C=O) groups is 2. The number of thiophene rings is 1. The number of esters is 1. The number of amides is 1. The first-order chi connectivity index (χ1) is 10.4. The number of rotatable bonds is 2. The zero-order valence-corrected chi connectivity index (χ0v) is 12.8. The topological polar surface area (TPSA) is 108 Å². The standard InChI is InChI=1S/C15H13N3O3S/c1-6-10(14(17)19)12-11(13(16)18-6)8-4-3-7(15(20)21-2)5-9(8)22-12/h3-5H,1-2H3,(H2,16,18)(H2,17,19). The Morgan fingerprint density at radius 1 is 1.32 bits per heavy atom. The maximum absolute atomic E-state index is 11.7. The molecule has 0 aliphatic rings. The number of benzene rings is 1. The van der Waals surface area contributed by atoms with Gasteiger partial charge in [-0.15, -0.1) is 11.3 Å². The number of nitrogens with zero attached hydrogens (tertiary/aromatic N) is 1. The summed E-state index contributed by atoms with van der Waals surface area (Å²) >= 11 is 1.36. The third kappa shape index (κ3) is 1.98. The molecule has 0 aliphatic carbocycles. The summed E-state index contributed by atoms with van der Waals surface area (Å²) in [6.07, 6.45) is 0. The fourth-order valence-corrected chi connectivity index (χ4v) is 3.87. The molecule has 2 aromatic heterocycles. The zero-order chi connectivity index (χ0) is 16.0. The number of nitrogens with two attached hydrogens (primary N) is 2. The minimum Gasteiger partial charge on any atom is -0.465 e. The summed E-state index contributed by atoms with van der Waals surface area (Å²) in [4.78, 5) is 27.6. The number of nitrogen functional groups attached to an aromatic ring is 1. The minimum atomic E-state index is -0.547. The van der Waals surface area contributed by atoms with Gasteiger partial charge in [0, 0.05) is 15.5 Å². The maximum Gasteiger partial charge on any atom is 0.337 e. The second-order valence-corrected chi connectivity index (χ2v) is 5.88. The molecule has 6 nitrogen and oxygen atoms in total. The lowest BCUT2D eigenvalue weighted by Crippen LogP contribution is -2.14. The molecule has 1 amide bonds. The summed E-state index contributed by atoms with van der Waals surface area (Å²) in [6.45, 7) is 1.69. The molecule has 0 unspecified atom stereocenters. The van der Waals surface area contributed by atoms with Crippen LogP contribution in [0.4, 0.5) is 5.82 Å². The van der Waals surface area contributed by atoms with Crippen molar-refractivity contribution in [2.45, 2.75) is 6.92 Å². The van der Waals surface area contributed by atoms with Crippen LogP contribution in [0.1, 0.15) is 26.4 Å². The molecule has 0 atom stereocenters. The van der Waals surface area contributed by atoms with Crippen molar-refractivity contribution in [1.29, 1.82) is 0 Å². The van der Waals surface area contributed by atoms with Crippen molar-refractivity contribution >= 4 is 49.2 Å². The number of carbonyl (C=O) groups excluding carboxylic acids is 2. The van der Waals surface area contributed by atoms with Crippen molar-refractivity contribution in [3.05, 3.63) is 35.0 Å². The lowest BCUT2D eigenvalue weighted by molar-refractivity contribution is 0.0601. The molecule has 7 heteroatoms. The number of primary amides is 1. The molecule has 3 rings (SSSR count). The smallest absolute Gasteiger partial charge is 0.337 e. The highest BCUT2D eigenvalue weighted by Gasteiger charge is 2.19. The van der Waals surface area contributed by atoms with Gasteiger partial charge in [-0.3, -0.25) is 4.79 Å². The monoisotopic (exact) mass is 315 g/mol. The number of anilines is 1. The van der Waals surface area contributed by atoms with Crippen molar-refractivity contribution < 1.29 is 14.3 Å². The first-order valence-corrected chi connectivity index (χ1v) is 7.26. The Kier molecular flexibility index (Phi) is 3.22. The predicted molar refractivity (Wildman–Crippen MR) is 86.1 cm³/mol. The van der Waals surface area contributed by atoms with E-state index in [1.54, 1.807) is 25.1 Å². The first-order valence-electron chi connectivity index (χ1n) is 6.44. The quantitative estimate of drug-likeness (QED) is 0.705. The van der Waals surface area contributed by atoms with Gasteiger partial charge in [0.05, 0.1) is 28.6 Å². The number of fused-ring (bicyclic) bond motifs is 3. The highest BCUT2D eigenvalue weighted by atomic mass is 32.1. The fourth-order valence-electron chi connectivity index (χ4n) is 2.52. The largest absolute Gasteiger partial charge is 0.465 e. The number of pyridine rings is 1. The molecule has 0 spiro atoms. The molecule has 2 heterocycles. The average molecular weight is 315 g/mol. The van der Waals surface area contributed by atoms with E-state index in [4.69, 9.17) is 16.2 Å². The molecule has 112 valence electrons. The zero-order valence-electron chi connectivity index (χ0n) is 12.0. The molecular formula is C15H13N3O3S. The summed E-state index contributed by atoms with van der Waals surface area (Å²) in [5, 5.41) is 1.52. The molecule has 22 heavy (non-hydrogen) atoms. The molecular weight excluding hydrogens is 302 g/mol. The lowest BCUT2D eigenvalue weighted by Gasteiger charge is -2.05. The molecule has 0 bridgehead atoms. The lowest BCUT2D eigenvalue weighted by atomic mass is 10.1. The van der Waals surface area contributed by atoms with E-state index in [1.807, 2.05) is 0 Å². The minimum absolute atomic E-state index is 0.342. The Morgan fingerprint density at radius 2 is 2.05 bits per heavy atom. The van der Waals surface area contributed by atoms with Crippen LogP contribution in [-0.2, 0) is 4.74 Å². The summed E-state index contributed by atoms with van der Waals surface area (Å²) in [7, 11) is 1.33. The van der Waals surface area contributed by atoms with E-state index in [-0.39, 0.29) is 0 Å². The SMILES string of the molecule is COC(=O)c1ccc2c(c1)sc1c(C(N)=O)c(C)nc(N)c12. The van der Waals surface area contributed by atoms with Crippen molar-refractivity contribution in [3.8, 4) is 0 Å². The molecule has 0 radical (unpaired) electrons. The molecule has 0 saturated heterocycles.